The van der Waals surface area contributed by atoms with Gasteiger partial charge in [0.15, 0.2) is 0 Å². The first kappa shape index (κ1) is 9.97. The molecule has 14 heavy (non-hydrogen) atoms. The summed E-state index contributed by atoms with van der Waals surface area (Å²) in [5.41, 5.74) is 0. The largest absolute Gasteiger partial charge is 0.316 e. The maximum absolute atomic E-state index is 3.56. The van der Waals surface area contributed by atoms with Crippen molar-refractivity contribution < 1.29 is 0 Å². The van der Waals surface area contributed by atoms with Gasteiger partial charge in [0.2, 0.25) is 0 Å². The van der Waals surface area contributed by atoms with Crippen molar-refractivity contribution >= 4 is 0 Å². The van der Waals surface area contributed by atoms with Gasteiger partial charge in [0.25, 0.3) is 0 Å². The first-order chi connectivity index (χ1) is 6.90. The fourth-order valence-electron chi connectivity index (χ4n) is 2.77. The monoisotopic (exact) mass is 191 g/mol. The van der Waals surface area contributed by atoms with E-state index in [1.807, 2.05) is 0 Å². The standard InChI is InChI=1S/C13H21N/c1-2-3-4-7-14-10-13-9-11-5-6-12(13)8-11/h2-3,5-6,11-14H,4,7-10H2,1H3/b3-2+. The zero-order valence-corrected chi connectivity index (χ0v) is 9.08. The van der Waals surface area contributed by atoms with Crippen LogP contribution in [-0.2, 0) is 0 Å². The van der Waals surface area contributed by atoms with Crippen LogP contribution < -0.4 is 5.32 Å². The molecule has 2 bridgehead atoms. The number of nitrogens with one attached hydrogen (secondary N) is 1. The number of rotatable bonds is 5. The maximum Gasteiger partial charge on any atom is -0.00142 e. The van der Waals surface area contributed by atoms with E-state index < -0.39 is 0 Å². The smallest absolute Gasteiger partial charge is 0.00142 e. The molecule has 2 rings (SSSR count). The normalized spacial score (nSPS) is 34.8. The predicted molar refractivity (Wildman–Crippen MR) is 61.1 cm³/mol. The molecule has 0 aromatic rings. The lowest BCUT2D eigenvalue weighted by molar-refractivity contribution is 0.417. The van der Waals surface area contributed by atoms with E-state index in [4.69, 9.17) is 0 Å². The van der Waals surface area contributed by atoms with Crippen LogP contribution in [0, 0.1) is 17.8 Å². The Kier molecular flexibility index (Phi) is 3.41. The Labute approximate surface area is 87.3 Å². The molecule has 0 amide bonds. The van der Waals surface area contributed by atoms with Crippen molar-refractivity contribution in [1.82, 2.24) is 5.32 Å². The Hall–Kier alpha value is -0.560. The summed E-state index contributed by atoms with van der Waals surface area (Å²) in [6, 6.07) is 0. The molecule has 3 unspecified atom stereocenters. The van der Waals surface area contributed by atoms with Crippen LogP contribution in [0.5, 0.6) is 0 Å². The first-order valence-electron chi connectivity index (χ1n) is 5.90. The molecule has 0 saturated heterocycles. The lowest BCUT2D eigenvalue weighted by Crippen LogP contribution is -2.26. The van der Waals surface area contributed by atoms with Crippen LogP contribution in [0.15, 0.2) is 24.3 Å². The molecule has 78 valence electrons. The molecule has 0 aromatic carbocycles. The van der Waals surface area contributed by atoms with Crippen LogP contribution in [-0.4, -0.2) is 13.1 Å². The Bertz CT molecular complexity index is 229. The maximum atomic E-state index is 3.56. The molecule has 0 aromatic heterocycles. The van der Waals surface area contributed by atoms with Gasteiger partial charge < -0.3 is 5.32 Å². The number of hydrogen-bond acceptors (Lipinski definition) is 1. The van der Waals surface area contributed by atoms with Gasteiger partial charge in [-0.05, 0) is 57.0 Å². The Morgan fingerprint density at radius 2 is 2.29 bits per heavy atom. The first-order valence-corrected chi connectivity index (χ1v) is 5.90. The molecule has 1 fully saturated rings. The fourth-order valence-corrected chi connectivity index (χ4v) is 2.77. The van der Waals surface area contributed by atoms with Crippen molar-refractivity contribution in [2.75, 3.05) is 13.1 Å². The number of allylic oxidation sites excluding steroid dienone is 3. The summed E-state index contributed by atoms with van der Waals surface area (Å²) in [6.45, 7) is 4.45. The summed E-state index contributed by atoms with van der Waals surface area (Å²) in [5.74, 6) is 2.74. The van der Waals surface area contributed by atoms with Gasteiger partial charge in [-0.25, -0.2) is 0 Å². The van der Waals surface area contributed by atoms with E-state index in [1.54, 1.807) is 0 Å². The summed E-state index contributed by atoms with van der Waals surface area (Å²) >= 11 is 0. The predicted octanol–water partition coefficient (Wildman–Crippen LogP) is 2.75. The lowest BCUT2D eigenvalue weighted by atomic mass is 9.94. The second-order valence-corrected chi connectivity index (χ2v) is 4.60. The van der Waals surface area contributed by atoms with Gasteiger partial charge in [0.05, 0.1) is 0 Å². The Balaban J connectivity index is 1.60. The van der Waals surface area contributed by atoms with Crippen LogP contribution in [0.25, 0.3) is 0 Å². The third-order valence-electron chi connectivity index (χ3n) is 3.55. The summed E-state index contributed by atoms with van der Waals surface area (Å²) in [6.07, 6.45) is 13.2. The van der Waals surface area contributed by atoms with Crippen molar-refractivity contribution in [1.29, 1.82) is 0 Å². The van der Waals surface area contributed by atoms with E-state index in [-0.39, 0.29) is 0 Å². The highest BCUT2D eigenvalue weighted by Gasteiger charge is 2.34. The SMILES string of the molecule is C/C=C/CCNCC1CC2C=CC1C2. The number of fused-ring (bicyclic) bond motifs is 2. The van der Waals surface area contributed by atoms with E-state index >= 15 is 0 Å². The van der Waals surface area contributed by atoms with E-state index in [9.17, 15) is 0 Å². The fraction of sp³-hybridized carbons (Fsp3) is 0.692. The van der Waals surface area contributed by atoms with Gasteiger partial charge in [-0.2, -0.15) is 0 Å². The van der Waals surface area contributed by atoms with Crippen molar-refractivity contribution in [3.05, 3.63) is 24.3 Å². The highest BCUT2D eigenvalue weighted by Crippen LogP contribution is 2.42. The highest BCUT2D eigenvalue weighted by atomic mass is 14.9. The molecular formula is C13H21N. The Morgan fingerprint density at radius 3 is 2.93 bits per heavy atom. The van der Waals surface area contributed by atoms with Gasteiger partial charge in [0.1, 0.15) is 0 Å². The van der Waals surface area contributed by atoms with E-state index in [2.05, 4.69) is 36.5 Å². The van der Waals surface area contributed by atoms with Gasteiger partial charge >= 0.3 is 0 Å². The average Bonchev–Trinajstić information content (AvgIpc) is 2.79. The van der Waals surface area contributed by atoms with Crippen molar-refractivity contribution in [2.45, 2.75) is 26.2 Å². The van der Waals surface area contributed by atoms with E-state index in [1.165, 1.54) is 25.8 Å². The third kappa shape index (κ3) is 2.27. The molecule has 0 aliphatic heterocycles. The molecule has 1 nitrogen and oxygen atoms in total. The van der Waals surface area contributed by atoms with Crippen LogP contribution in [0.2, 0.25) is 0 Å². The minimum Gasteiger partial charge on any atom is -0.316 e. The number of hydrogen-bond donors (Lipinski definition) is 1. The van der Waals surface area contributed by atoms with Gasteiger partial charge in [-0.1, -0.05) is 24.3 Å². The molecule has 2 aliphatic carbocycles. The van der Waals surface area contributed by atoms with Gasteiger partial charge in [-0.3, -0.25) is 0 Å². The lowest BCUT2D eigenvalue weighted by Gasteiger charge is -2.18. The minimum absolute atomic E-state index is 0.897. The molecule has 3 atom stereocenters. The molecule has 0 radical (unpaired) electrons. The van der Waals surface area contributed by atoms with Crippen LogP contribution in [0.3, 0.4) is 0 Å². The molecule has 1 saturated carbocycles. The zero-order valence-electron chi connectivity index (χ0n) is 9.08. The van der Waals surface area contributed by atoms with Crippen LogP contribution in [0.4, 0.5) is 0 Å². The average molecular weight is 191 g/mol. The molecule has 1 heteroatoms. The molecule has 1 N–H and O–H groups in total. The second-order valence-electron chi connectivity index (χ2n) is 4.60. The third-order valence-corrected chi connectivity index (χ3v) is 3.55. The van der Waals surface area contributed by atoms with Crippen molar-refractivity contribution in [3.8, 4) is 0 Å². The quantitative estimate of drug-likeness (QED) is 0.520. The summed E-state index contributed by atoms with van der Waals surface area (Å²) in [7, 11) is 0. The molecule has 0 spiro atoms. The van der Waals surface area contributed by atoms with Gasteiger partial charge in [0, 0.05) is 0 Å². The molecule has 0 heterocycles. The van der Waals surface area contributed by atoms with Crippen molar-refractivity contribution in [3.63, 3.8) is 0 Å². The van der Waals surface area contributed by atoms with Crippen LogP contribution >= 0.6 is 0 Å². The topological polar surface area (TPSA) is 12.0 Å². The van der Waals surface area contributed by atoms with E-state index in [0.29, 0.717) is 0 Å². The molecule has 2 aliphatic rings. The zero-order chi connectivity index (χ0) is 9.80. The summed E-state index contributed by atoms with van der Waals surface area (Å²) in [4.78, 5) is 0. The summed E-state index contributed by atoms with van der Waals surface area (Å²) < 4.78 is 0. The van der Waals surface area contributed by atoms with Gasteiger partial charge in [-0.15, -0.1) is 0 Å². The molecular weight excluding hydrogens is 170 g/mol. The van der Waals surface area contributed by atoms with E-state index in [0.717, 1.165) is 24.3 Å². The second kappa shape index (κ2) is 4.79. The van der Waals surface area contributed by atoms with Crippen molar-refractivity contribution in [2.24, 2.45) is 17.8 Å². The Morgan fingerprint density at radius 1 is 1.36 bits per heavy atom. The van der Waals surface area contributed by atoms with Crippen LogP contribution in [0.1, 0.15) is 26.2 Å². The summed E-state index contributed by atoms with van der Waals surface area (Å²) in [5, 5.41) is 3.56. The highest BCUT2D eigenvalue weighted by molar-refractivity contribution is 5.10. The minimum atomic E-state index is 0.897.